The first kappa shape index (κ1) is 24.5. The maximum atomic E-state index is 13.1. The van der Waals surface area contributed by atoms with Gasteiger partial charge in [0.2, 0.25) is 5.91 Å². The third-order valence-corrected chi connectivity index (χ3v) is 6.49. The Balaban J connectivity index is 1.72. The Morgan fingerprint density at radius 2 is 1.73 bits per heavy atom. The monoisotopic (exact) mass is 446 g/mol. The third kappa shape index (κ3) is 6.44. The molecule has 0 aliphatic heterocycles. The highest BCUT2D eigenvalue weighted by molar-refractivity contribution is 5.77. The molecule has 1 aliphatic carbocycles. The number of hydrogen-bond acceptors (Lipinski definition) is 4. The van der Waals surface area contributed by atoms with Gasteiger partial charge in [0, 0.05) is 19.0 Å². The molecule has 1 aliphatic rings. The number of hydrogen-bond donors (Lipinski definition) is 0. The van der Waals surface area contributed by atoms with E-state index in [4.69, 9.17) is 4.74 Å². The van der Waals surface area contributed by atoms with Gasteiger partial charge in [-0.25, -0.2) is 0 Å². The Bertz CT molecular complexity index is 969. The molecule has 33 heavy (non-hydrogen) atoms. The Morgan fingerprint density at radius 3 is 2.36 bits per heavy atom. The third-order valence-electron chi connectivity index (χ3n) is 6.49. The Hall–Kier alpha value is -3.13. The lowest BCUT2D eigenvalue weighted by Crippen LogP contribution is -2.42. The fourth-order valence-corrected chi connectivity index (χ4v) is 4.59. The standard InChI is InChI=1S/C28H34N2O3/c1-3-5-10-27(31)30(25-17-15-23(16-18-25)28(32)33-4-2)20-21-11-13-22(14-12-21)26-9-7-6-8-24(26)19-29/h6-9,11-14,23,25H,3-5,10,15-18,20H2,1-2H3/t23-,25+. The molecule has 0 unspecified atom stereocenters. The van der Waals surface area contributed by atoms with Crippen molar-refractivity contribution in [3.05, 3.63) is 59.7 Å². The summed E-state index contributed by atoms with van der Waals surface area (Å²) in [6.07, 6.45) is 5.63. The second-order valence-electron chi connectivity index (χ2n) is 8.74. The van der Waals surface area contributed by atoms with Crippen LogP contribution in [0.3, 0.4) is 0 Å². The molecule has 0 atom stereocenters. The van der Waals surface area contributed by atoms with Gasteiger partial charge in [0.1, 0.15) is 0 Å². The molecular formula is C28H34N2O3. The zero-order valence-electron chi connectivity index (χ0n) is 19.8. The van der Waals surface area contributed by atoms with Crippen molar-refractivity contribution in [3.8, 4) is 17.2 Å². The molecule has 0 saturated heterocycles. The van der Waals surface area contributed by atoms with Gasteiger partial charge >= 0.3 is 5.97 Å². The average molecular weight is 447 g/mol. The van der Waals surface area contributed by atoms with Crippen LogP contribution in [0.25, 0.3) is 11.1 Å². The van der Waals surface area contributed by atoms with Crippen LogP contribution < -0.4 is 0 Å². The molecule has 5 heteroatoms. The first-order chi connectivity index (χ1) is 16.1. The van der Waals surface area contributed by atoms with Crippen molar-refractivity contribution < 1.29 is 14.3 Å². The SMILES string of the molecule is CCCCC(=O)N(Cc1ccc(-c2ccccc2C#N)cc1)[C@H]1CC[C@@H](C(=O)OCC)CC1. The fraction of sp³-hybridized carbons (Fsp3) is 0.464. The summed E-state index contributed by atoms with van der Waals surface area (Å²) in [5, 5.41) is 9.39. The number of esters is 1. The van der Waals surface area contributed by atoms with Crippen molar-refractivity contribution in [2.45, 2.75) is 71.4 Å². The van der Waals surface area contributed by atoms with Gasteiger partial charge in [-0.1, -0.05) is 55.8 Å². The summed E-state index contributed by atoms with van der Waals surface area (Å²) >= 11 is 0. The summed E-state index contributed by atoms with van der Waals surface area (Å²) in [6.45, 7) is 4.91. The molecule has 2 aromatic carbocycles. The average Bonchev–Trinajstić information content (AvgIpc) is 2.86. The molecule has 3 rings (SSSR count). The van der Waals surface area contributed by atoms with E-state index in [1.165, 1.54) is 0 Å². The maximum absolute atomic E-state index is 13.1. The van der Waals surface area contributed by atoms with Crippen LogP contribution in [0.15, 0.2) is 48.5 Å². The van der Waals surface area contributed by atoms with E-state index in [0.29, 0.717) is 25.1 Å². The highest BCUT2D eigenvalue weighted by atomic mass is 16.5. The molecule has 1 saturated carbocycles. The number of carbonyl (C=O) groups excluding carboxylic acids is 2. The van der Waals surface area contributed by atoms with Crippen molar-refractivity contribution in [2.24, 2.45) is 5.92 Å². The zero-order valence-corrected chi connectivity index (χ0v) is 19.8. The molecule has 0 heterocycles. The van der Waals surface area contributed by atoms with Crippen LogP contribution in [0.5, 0.6) is 0 Å². The molecule has 0 radical (unpaired) electrons. The summed E-state index contributed by atoms with van der Waals surface area (Å²) in [4.78, 5) is 27.2. The molecular weight excluding hydrogens is 412 g/mol. The summed E-state index contributed by atoms with van der Waals surface area (Å²) in [5.41, 5.74) is 3.64. The largest absolute Gasteiger partial charge is 0.466 e. The molecule has 1 amide bonds. The number of benzene rings is 2. The van der Waals surface area contributed by atoms with Crippen molar-refractivity contribution in [3.63, 3.8) is 0 Å². The predicted octanol–water partition coefficient (Wildman–Crippen LogP) is 5.87. The normalized spacial score (nSPS) is 17.7. The highest BCUT2D eigenvalue weighted by Gasteiger charge is 2.32. The van der Waals surface area contributed by atoms with Crippen molar-refractivity contribution in [2.75, 3.05) is 6.61 Å². The van der Waals surface area contributed by atoms with Gasteiger partial charge in [-0.05, 0) is 61.8 Å². The fourth-order valence-electron chi connectivity index (χ4n) is 4.59. The molecule has 174 valence electrons. The lowest BCUT2D eigenvalue weighted by Gasteiger charge is -2.36. The number of rotatable bonds is 9. The van der Waals surface area contributed by atoms with Crippen molar-refractivity contribution >= 4 is 11.9 Å². The Labute approximate surface area is 197 Å². The van der Waals surface area contributed by atoms with E-state index in [1.807, 2.05) is 60.4 Å². The molecule has 0 aromatic heterocycles. The minimum atomic E-state index is -0.104. The summed E-state index contributed by atoms with van der Waals surface area (Å²) in [7, 11) is 0. The molecule has 0 bridgehead atoms. The number of nitriles is 1. The van der Waals surface area contributed by atoms with Crippen molar-refractivity contribution in [1.29, 1.82) is 5.26 Å². The van der Waals surface area contributed by atoms with E-state index in [2.05, 4.69) is 13.0 Å². The first-order valence-electron chi connectivity index (χ1n) is 12.1. The van der Waals surface area contributed by atoms with Gasteiger partial charge < -0.3 is 9.64 Å². The predicted molar refractivity (Wildman–Crippen MR) is 129 cm³/mol. The molecule has 5 nitrogen and oxygen atoms in total. The van der Waals surface area contributed by atoms with Gasteiger partial charge in [0.05, 0.1) is 24.2 Å². The summed E-state index contributed by atoms with van der Waals surface area (Å²) in [5.74, 6) is 0.0386. The topological polar surface area (TPSA) is 70.4 Å². The van der Waals surface area contributed by atoms with Gasteiger partial charge in [-0.3, -0.25) is 9.59 Å². The van der Waals surface area contributed by atoms with Crippen LogP contribution >= 0.6 is 0 Å². The summed E-state index contributed by atoms with van der Waals surface area (Å²) < 4.78 is 5.20. The van der Waals surface area contributed by atoms with Crippen molar-refractivity contribution in [1.82, 2.24) is 4.90 Å². The Kier molecular flexibility index (Phi) is 9.06. The van der Waals surface area contributed by atoms with Crippen LogP contribution in [-0.2, 0) is 20.9 Å². The van der Waals surface area contributed by atoms with Gasteiger partial charge in [0.25, 0.3) is 0 Å². The highest BCUT2D eigenvalue weighted by Crippen LogP contribution is 2.31. The van der Waals surface area contributed by atoms with Gasteiger partial charge in [-0.15, -0.1) is 0 Å². The quantitative estimate of drug-likeness (QED) is 0.452. The molecule has 1 fully saturated rings. The van der Waals surface area contributed by atoms with E-state index in [1.54, 1.807) is 0 Å². The molecule has 2 aromatic rings. The number of unbranched alkanes of at least 4 members (excludes halogenated alkanes) is 1. The second kappa shape index (κ2) is 12.2. The Morgan fingerprint density at radius 1 is 1.03 bits per heavy atom. The van der Waals surface area contributed by atoms with E-state index in [9.17, 15) is 14.9 Å². The van der Waals surface area contributed by atoms with E-state index < -0.39 is 0 Å². The lowest BCUT2D eigenvalue weighted by atomic mass is 9.85. The lowest BCUT2D eigenvalue weighted by molar-refractivity contribution is -0.149. The molecule has 0 N–H and O–H groups in total. The second-order valence-corrected chi connectivity index (χ2v) is 8.74. The minimum absolute atomic E-state index is 0.0479. The van der Waals surface area contributed by atoms with Crippen LogP contribution in [0, 0.1) is 17.2 Å². The summed E-state index contributed by atoms with van der Waals surface area (Å²) in [6, 6.07) is 18.1. The van der Waals surface area contributed by atoms with Gasteiger partial charge in [-0.2, -0.15) is 5.26 Å². The zero-order chi connectivity index (χ0) is 23.6. The van der Waals surface area contributed by atoms with Crippen LogP contribution in [-0.4, -0.2) is 29.4 Å². The molecule has 0 spiro atoms. The smallest absolute Gasteiger partial charge is 0.308 e. The number of ether oxygens (including phenoxy) is 1. The van der Waals surface area contributed by atoms with E-state index >= 15 is 0 Å². The van der Waals surface area contributed by atoms with Crippen LogP contribution in [0.1, 0.15) is 69.9 Å². The van der Waals surface area contributed by atoms with E-state index in [-0.39, 0.29) is 23.8 Å². The minimum Gasteiger partial charge on any atom is -0.466 e. The van der Waals surface area contributed by atoms with Crippen LogP contribution in [0.2, 0.25) is 0 Å². The van der Waals surface area contributed by atoms with E-state index in [0.717, 1.165) is 55.2 Å². The van der Waals surface area contributed by atoms with Crippen LogP contribution in [0.4, 0.5) is 0 Å². The van der Waals surface area contributed by atoms with Gasteiger partial charge in [0.15, 0.2) is 0 Å². The number of nitrogens with zero attached hydrogens (tertiary/aromatic N) is 2. The number of carbonyl (C=O) groups is 2. The first-order valence-corrected chi connectivity index (χ1v) is 12.1. The maximum Gasteiger partial charge on any atom is 0.308 e. The number of amides is 1.